The normalized spacial score (nSPS) is 11.4. The molecule has 0 radical (unpaired) electrons. The van der Waals surface area contributed by atoms with Gasteiger partial charge in [-0.05, 0) is 79.1 Å². The molecular formula is C44H27F10IO6S3. The van der Waals surface area contributed by atoms with Crippen LogP contribution in [0.3, 0.4) is 0 Å². The monoisotopic (exact) mass is 1060 g/mol. The summed E-state index contributed by atoms with van der Waals surface area (Å²) in [5.41, 5.74) is 4.13. The summed E-state index contributed by atoms with van der Waals surface area (Å²) in [4.78, 5) is -0.680. The van der Waals surface area contributed by atoms with Crippen molar-refractivity contribution < 1.29 is 91.1 Å². The lowest BCUT2D eigenvalue weighted by Gasteiger charge is -2.10. The van der Waals surface area contributed by atoms with Crippen molar-refractivity contribution in [3.8, 4) is 0 Å². The molecule has 0 N–H and O–H groups in total. The average molecular weight is 1060 g/mol. The van der Waals surface area contributed by atoms with Gasteiger partial charge in [0.05, 0.1) is 10.9 Å². The van der Waals surface area contributed by atoms with E-state index in [2.05, 4.69) is 140 Å². The molecule has 0 amide bonds. The quantitative estimate of drug-likeness (QED) is 0.0373. The zero-order valence-corrected chi connectivity index (χ0v) is 36.8. The molecule has 334 valence electrons. The minimum absolute atomic E-state index is 0.0904. The molecule has 7 aromatic carbocycles. The Morgan fingerprint density at radius 2 is 0.734 bits per heavy atom. The van der Waals surface area contributed by atoms with Crippen molar-refractivity contribution in [2.24, 2.45) is 0 Å². The van der Waals surface area contributed by atoms with Crippen molar-refractivity contribution in [2.75, 3.05) is 0 Å². The minimum atomic E-state index is -5.77. The standard InChI is InChI=1S/C32H27IS.2C6HF5O3S/c1-25-10-8-9-15-32(25)33-28-20-16-26(17-21-28)24-27-18-22-31(23-19-27)34(29-11-4-2-5-12-29)30-13-6-3-7-14-30;2*7-1-2(8)4(10)6(15(12,13)14)5(11)3(1)9/h2-23H,24H2,1H3;2*(H,12,13,14)/q+2;;/p-2. The number of aryl methyl sites for hydroxylation is 1. The van der Waals surface area contributed by atoms with E-state index in [-0.39, 0.29) is 32.1 Å². The Bertz CT molecular complexity index is 2810. The molecule has 0 heterocycles. The van der Waals surface area contributed by atoms with E-state index in [0.717, 1.165) is 6.42 Å². The van der Waals surface area contributed by atoms with Crippen LogP contribution >= 0.6 is 0 Å². The van der Waals surface area contributed by atoms with E-state index in [9.17, 15) is 69.8 Å². The molecule has 0 unspecified atom stereocenters. The highest BCUT2D eigenvalue weighted by Crippen LogP contribution is 2.32. The van der Waals surface area contributed by atoms with Gasteiger partial charge in [0.15, 0.2) is 68.4 Å². The SMILES string of the molecule is Cc1ccccc1[I+]c1ccc(Cc2ccc([S+](c3ccccc3)c3ccccc3)cc2)cc1.O=S(=O)([O-])c1c(F)c(F)c(F)c(F)c1F.O=S(=O)([O-])c1c(F)c(F)c(F)c(F)c1F. The van der Waals surface area contributed by atoms with Gasteiger partial charge in [0.25, 0.3) is 0 Å². The van der Waals surface area contributed by atoms with Gasteiger partial charge in [-0.1, -0.05) is 78.9 Å². The van der Waals surface area contributed by atoms with Gasteiger partial charge in [0.1, 0.15) is 30.0 Å². The van der Waals surface area contributed by atoms with E-state index < -0.39 is 88.2 Å². The fraction of sp³-hybridized carbons (Fsp3) is 0.0455. The van der Waals surface area contributed by atoms with Crippen LogP contribution in [-0.4, -0.2) is 25.9 Å². The highest BCUT2D eigenvalue weighted by atomic mass is 127. The summed E-state index contributed by atoms with van der Waals surface area (Å²) in [5, 5.41) is 0. The van der Waals surface area contributed by atoms with Gasteiger partial charge in [0.2, 0.25) is 11.6 Å². The first-order chi connectivity index (χ1) is 30.1. The number of benzene rings is 7. The molecule has 6 nitrogen and oxygen atoms in total. The predicted octanol–water partition coefficient (Wildman–Crippen LogP) is 7.38. The first kappa shape index (κ1) is 49.8. The summed E-state index contributed by atoms with van der Waals surface area (Å²) in [6, 6.07) is 49.0. The van der Waals surface area contributed by atoms with Gasteiger partial charge in [-0.15, -0.1) is 0 Å². The molecule has 0 aliphatic rings. The molecule has 0 saturated heterocycles. The van der Waals surface area contributed by atoms with Gasteiger partial charge in [-0.25, -0.2) is 60.7 Å². The highest BCUT2D eigenvalue weighted by molar-refractivity contribution is 7.97. The molecule has 7 aromatic rings. The maximum Gasteiger partial charge on any atom is 0.358 e. The average Bonchev–Trinajstić information content (AvgIpc) is 3.26. The molecule has 0 saturated carbocycles. The lowest BCUT2D eigenvalue weighted by Crippen LogP contribution is -3.61. The van der Waals surface area contributed by atoms with Crippen LogP contribution in [0.2, 0.25) is 0 Å². The first-order valence-electron chi connectivity index (χ1n) is 17.8. The van der Waals surface area contributed by atoms with Crippen LogP contribution in [-0.2, 0) is 37.6 Å². The molecule has 0 aliphatic heterocycles. The Labute approximate surface area is 373 Å². The molecular weight excluding hydrogens is 1040 g/mol. The molecule has 0 bridgehead atoms. The van der Waals surface area contributed by atoms with Crippen molar-refractivity contribution in [3.63, 3.8) is 0 Å². The van der Waals surface area contributed by atoms with E-state index in [1.807, 2.05) is 0 Å². The molecule has 0 spiro atoms. The Morgan fingerprint density at radius 1 is 0.422 bits per heavy atom. The number of hydrogen-bond acceptors (Lipinski definition) is 6. The second-order valence-corrected chi connectivity index (χ2v) is 20.5. The Morgan fingerprint density at radius 3 is 1.09 bits per heavy atom. The van der Waals surface area contributed by atoms with E-state index in [1.54, 1.807) is 0 Å². The molecule has 0 aromatic heterocycles. The Kier molecular flexibility index (Phi) is 16.4. The summed E-state index contributed by atoms with van der Waals surface area (Å²) in [5.74, 6) is -25.7. The first-order valence-corrected chi connectivity index (χ1v) is 24.0. The van der Waals surface area contributed by atoms with Gasteiger partial charge >= 0.3 is 21.2 Å². The summed E-state index contributed by atoms with van der Waals surface area (Å²) < 4.78 is 189. The third-order valence-electron chi connectivity index (χ3n) is 8.56. The van der Waals surface area contributed by atoms with E-state index in [0.29, 0.717) is 0 Å². The van der Waals surface area contributed by atoms with Crippen molar-refractivity contribution in [1.82, 2.24) is 0 Å². The van der Waals surface area contributed by atoms with E-state index in [1.165, 1.54) is 38.5 Å². The molecule has 0 aliphatic carbocycles. The molecule has 64 heavy (non-hydrogen) atoms. The smallest absolute Gasteiger partial charge is 0.358 e. The van der Waals surface area contributed by atoms with Crippen LogP contribution in [0.5, 0.6) is 0 Å². The minimum Gasteiger partial charge on any atom is -0.744 e. The maximum absolute atomic E-state index is 12.6. The van der Waals surface area contributed by atoms with Crippen LogP contribution in [0.25, 0.3) is 0 Å². The van der Waals surface area contributed by atoms with Crippen molar-refractivity contribution in [1.29, 1.82) is 0 Å². The zero-order chi connectivity index (χ0) is 47.1. The second-order valence-electron chi connectivity index (χ2n) is 12.9. The van der Waals surface area contributed by atoms with Gasteiger partial charge < -0.3 is 9.11 Å². The van der Waals surface area contributed by atoms with Crippen LogP contribution in [0.1, 0.15) is 16.7 Å². The van der Waals surface area contributed by atoms with Crippen molar-refractivity contribution in [3.05, 3.63) is 215 Å². The number of hydrogen-bond donors (Lipinski definition) is 0. The lowest BCUT2D eigenvalue weighted by molar-refractivity contribution is -0.598. The van der Waals surface area contributed by atoms with Crippen LogP contribution in [0.15, 0.2) is 158 Å². The third-order valence-corrected chi connectivity index (χ3v) is 15.6. The second kappa shape index (κ2) is 21.2. The Balaban J connectivity index is 0.000000213. The summed E-state index contributed by atoms with van der Waals surface area (Å²) in [6.07, 6.45) is 0.966. The van der Waals surface area contributed by atoms with E-state index in [4.69, 9.17) is 0 Å². The van der Waals surface area contributed by atoms with Crippen LogP contribution in [0, 0.1) is 72.2 Å². The third kappa shape index (κ3) is 11.9. The van der Waals surface area contributed by atoms with Crippen molar-refractivity contribution in [2.45, 2.75) is 37.8 Å². The van der Waals surface area contributed by atoms with Gasteiger partial charge in [0, 0.05) is 5.56 Å². The van der Waals surface area contributed by atoms with Gasteiger partial charge in [-0.2, -0.15) is 0 Å². The molecule has 0 atom stereocenters. The molecule has 20 heteroatoms. The highest BCUT2D eigenvalue weighted by Gasteiger charge is 2.31. The topological polar surface area (TPSA) is 114 Å². The number of rotatable bonds is 9. The van der Waals surface area contributed by atoms with Crippen LogP contribution < -0.4 is 21.2 Å². The zero-order valence-electron chi connectivity index (χ0n) is 32.2. The summed E-state index contributed by atoms with van der Waals surface area (Å²) in [6.45, 7) is 2.22. The van der Waals surface area contributed by atoms with Gasteiger partial charge in [-0.3, -0.25) is 0 Å². The predicted molar refractivity (Wildman–Crippen MR) is 208 cm³/mol. The Hall–Kier alpha value is -5.26. The van der Waals surface area contributed by atoms with Crippen LogP contribution in [0.4, 0.5) is 43.9 Å². The molecule has 7 rings (SSSR count). The summed E-state index contributed by atoms with van der Waals surface area (Å²) in [7, 11) is -11.6. The van der Waals surface area contributed by atoms with E-state index >= 15 is 0 Å². The summed E-state index contributed by atoms with van der Waals surface area (Å²) >= 11 is -0.122. The molecule has 0 fully saturated rings. The fourth-order valence-corrected chi connectivity index (χ4v) is 11.3. The fourth-order valence-electron chi connectivity index (χ4n) is 5.55. The lowest BCUT2D eigenvalue weighted by atomic mass is 10.1. The largest absolute Gasteiger partial charge is 0.744 e. The maximum atomic E-state index is 12.6. The van der Waals surface area contributed by atoms with Crippen molar-refractivity contribution >= 4 is 31.1 Å². The number of halogens is 11.